The van der Waals surface area contributed by atoms with Crippen LogP contribution in [0.2, 0.25) is 0 Å². The zero-order chi connectivity index (χ0) is 19.1. The van der Waals surface area contributed by atoms with Gasteiger partial charge in [-0.3, -0.25) is 0 Å². The minimum Gasteiger partial charge on any atom is -0.0736 e. The van der Waals surface area contributed by atoms with Crippen LogP contribution in [0.4, 0.5) is 0 Å². The van der Waals surface area contributed by atoms with Gasteiger partial charge < -0.3 is 0 Å². The van der Waals surface area contributed by atoms with Crippen LogP contribution >= 0.6 is 0 Å². The fraction of sp³-hybridized carbons (Fsp3) is 0.259. The van der Waals surface area contributed by atoms with E-state index in [1.54, 1.807) is 0 Å². The molecule has 0 fully saturated rings. The van der Waals surface area contributed by atoms with E-state index in [1.165, 1.54) is 22.3 Å². The van der Waals surface area contributed by atoms with Crippen LogP contribution in [0.3, 0.4) is 0 Å². The van der Waals surface area contributed by atoms with Crippen LogP contribution in [0.5, 0.6) is 0 Å². The summed E-state index contributed by atoms with van der Waals surface area (Å²) in [6, 6.07) is 22.1. The molecule has 2 aliphatic carbocycles. The fourth-order valence-corrected chi connectivity index (χ4v) is 5.50. The summed E-state index contributed by atoms with van der Waals surface area (Å²) in [4.78, 5) is 0. The third-order valence-electron chi connectivity index (χ3n) is 7.03. The first kappa shape index (κ1) is 17.8. The molecule has 27 heavy (non-hydrogen) atoms. The van der Waals surface area contributed by atoms with Crippen LogP contribution in [-0.4, -0.2) is 0 Å². The SMILES string of the molecule is CC1=C(C)C(C)(C(c2ccccc2)(c2ccccc2)C2(C)C=CC=C2)C=C1. The summed E-state index contributed by atoms with van der Waals surface area (Å²) >= 11 is 0. The van der Waals surface area contributed by atoms with Gasteiger partial charge in [0.05, 0.1) is 0 Å². The summed E-state index contributed by atoms with van der Waals surface area (Å²) < 4.78 is 0. The highest BCUT2D eigenvalue weighted by atomic mass is 14.6. The summed E-state index contributed by atoms with van der Waals surface area (Å²) in [7, 11) is 0. The van der Waals surface area contributed by atoms with Crippen LogP contribution in [0.1, 0.15) is 38.8 Å². The molecule has 0 saturated carbocycles. The van der Waals surface area contributed by atoms with Crippen molar-refractivity contribution in [2.75, 3.05) is 0 Å². The maximum atomic E-state index is 2.43. The first-order valence-corrected chi connectivity index (χ1v) is 9.81. The van der Waals surface area contributed by atoms with E-state index in [9.17, 15) is 0 Å². The van der Waals surface area contributed by atoms with E-state index >= 15 is 0 Å². The Morgan fingerprint density at radius 3 is 1.56 bits per heavy atom. The molecule has 0 heterocycles. The Morgan fingerprint density at radius 1 is 0.667 bits per heavy atom. The minimum atomic E-state index is -0.246. The van der Waals surface area contributed by atoms with E-state index < -0.39 is 0 Å². The minimum absolute atomic E-state index is 0.131. The van der Waals surface area contributed by atoms with Crippen molar-refractivity contribution in [3.8, 4) is 0 Å². The summed E-state index contributed by atoms with van der Waals surface area (Å²) in [5.41, 5.74) is 5.03. The highest BCUT2D eigenvalue weighted by Gasteiger charge is 2.60. The Bertz CT molecular complexity index is 902. The molecule has 0 saturated heterocycles. The lowest BCUT2D eigenvalue weighted by Crippen LogP contribution is -2.53. The smallest absolute Gasteiger partial charge is 0.0451 e. The van der Waals surface area contributed by atoms with Crippen molar-refractivity contribution in [2.24, 2.45) is 10.8 Å². The lowest BCUT2D eigenvalue weighted by atomic mass is 9.45. The monoisotopic (exact) mass is 352 g/mol. The van der Waals surface area contributed by atoms with E-state index in [2.05, 4.69) is 125 Å². The van der Waals surface area contributed by atoms with Gasteiger partial charge in [0.25, 0.3) is 0 Å². The number of hydrogen-bond acceptors (Lipinski definition) is 0. The van der Waals surface area contributed by atoms with Crippen LogP contribution in [-0.2, 0) is 5.41 Å². The molecule has 0 aromatic heterocycles. The van der Waals surface area contributed by atoms with Gasteiger partial charge in [0, 0.05) is 16.2 Å². The third kappa shape index (κ3) is 2.29. The van der Waals surface area contributed by atoms with E-state index in [0.29, 0.717) is 0 Å². The molecule has 1 atom stereocenters. The van der Waals surface area contributed by atoms with Crippen molar-refractivity contribution in [1.29, 1.82) is 0 Å². The molecule has 2 aromatic carbocycles. The highest BCUT2D eigenvalue weighted by Crippen LogP contribution is 2.64. The Kier molecular flexibility index (Phi) is 4.11. The van der Waals surface area contributed by atoms with Crippen molar-refractivity contribution in [2.45, 2.75) is 33.1 Å². The number of hydrogen-bond donors (Lipinski definition) is 0. The molecule has 0 spiro atoms. The van der Waals surface area contributed by atoms with Gasteiger partial charge in [0.15, 0.2) is 0 Å². The molecule has 2 aliphatic rings. The van der Waals surface area contributed by atoms with Gasteiger partial charge >= 0.3 is 0 Å². The molecular weight excluding hydrogens is 324 g/mol. The third-order valence-corrected chi connectivity index (χ3v) is 7.03. The summed E-state index contributed by atoms with van der Waals surface area (Å²) in [6.45, 7) is 9.34. The van der Waals surface area contributed by atoms with Crippen LogP contribution < -0.4 is 0 Å². The second-order valence-corrected chi connectivity index (χ2v) is 8.33. The van der Waals surface area contributed by atoms with Crippen molar-refractivity contribution >= 4 is 0 Å². The largest absolute Gasteiger partial charge is 0.0736 e. The summed E-state index contributed by atoms with van der Waals surface area (Å²) in [5, 5.41) is 0. The number of allylic oxidation sites excluding steroid dienone is 8. The van der Waals surface area contributed by atoms with Gasteiger partial charge in [-0.2, -0.15) is 0 Å². The van der Waals surface area contributed by atoms with Crippen LogP contribution in [0, 0.1) is 10.8 Å². The van der Waals surface area contributed by atoms with Gasteiger partial charge in [0.1, 0.15) is 0 Å². The highest BCUT2D eigenvalue weighted by molar-refractivity contribution is 5.58. The molecule has 0 amide bonds. The fourth-order valence-electron chi connectivity index (χ4n) is 5.50. The van der Waals surface area contributed by atoms with Crippen LogP contribution in [0.25, 0.3) is 0 Å². The Morgan fingerprint density at radius 2 is 1.15 bits per heavy atom. The molecule has 1 unspecified atom stereocenters. The second kappa shape index (κ2) is 6.23. The van der Waals surface area contributed by atoms with Crippen molar-refractivity contribution in [3.63, 3.8) is 0 Å². The predicted octanol–water partition coefficient (Wildman–Crippen LogP) is 7.02. The number of benzene rings is 2. The Hall–Kier alpha value is -2.60. The first-order chi connectivity index (χ1) is 13.0. The second-order valence-electron chi connectivity index (χ2n) is 8.33. The molecule has 0 nitrogen and oxygen atoms in total. The first-order valence-electron chi connectivity index (χ1n) is 9.81. The summed E-state index contributed by atoms with van der Waals surface area (Å²) in [5.74, 6) is 0. The molecule has 0 N–H and O–H groups in total. The quantitative estimate of drug-likeness (QED) is 0.555. The molecule has 0 aliphatic heterocycles. The maximum absolute atomic E-state index is 2.43. The van der Waals surface area contributed by atoms with Crippen molar-refractivity contribution in [1.82, 2.24) is 0 Å². The van der Waals surface area contributed by atoms with Crippen molar-refractivity contribution < 1.29 is 0 Å². The topological polar surface area (TPSA) is 0 Å². The molecule has 2 aromatic rings. The molecule has 4 rings (SSSR count). The van der Waals surface area contributed by atoms with Gasteiger partial charge in [-0.05, 0) is 25.0 Å². The molecule has 0 radical (unpaired) electrons. The standard InChI is InChI=1S/C27H28/c1-21-17-20-26(4,22(21)2)27(23-13-7-5-8-14-23,24-15-9-6-10-16-24)25(3)18-11-12-19-25/h5-20H,1-4H3. The Labute approximate surface area is 163 Å². The maximum Gasteiger partial charge on any atom is 0.0451 e. The van der Waals surface area contributed by atoms with E-state index in [4.69, 9.17) is 0 Å². The normalized spacial score (nSPS) is 23.4. The van der Waals surface area contributed by atoms with E-state index in [1.807, 2.05) is 0 Å². The zero-order valence-corrected chi connectivity index (χ0v) is 16.7. The summed E-state index contributed by atoms with van der Waals surface area (Å²) in [6.07, 6.45) is 13.9. The van der Waals surface area contributed by atoms with Crippen molar-refractivity contribution in [3.05, 3.63) is 119 Å². The van der Waals surface area contributed by atoms with E-state index in [0.717, 1.165) is 0 Å². The average molecular weight is 353 g/mol. The molecule has 0 bridgehead atoms. The zero-order valence-electron chi connectivity index (χ0n) is 16.7. The molecule has 0 heteroatoms. The lowest BCUT2D eigenvalue weighted by Gasteiger charge is -2.56. The van der Waals surface area contributed by atoms with Gasteiger partial charge in [0.2, 0.25) is 0 Å². The Balaban J connectivity index is 2.17. The van der Waals surface area contributed by atoms with Gasteiger partial charge in [-0.1, -0.05) is 122 Å². The van der Waals surface area contributed by atoms with Crippen LogP contribution in [0.15, 0.2) is 108 Å². The molecule has 136 valence electrons. The predicted molar refractivity (Wildman–Crippen MR) is 116 cm³/mol. The van der Waals surface area contributed by atoms with Gasteiger partial charge in [-0.15, -0.1) is 0 Å². The number of rotatable bonds is 4. The van der Waals surface area contributed by atoms with Gasteiger partial charge in [-0.25, -0.2) is 0 Å². The molecular formula is C27H28. The van der Waals surface area contributed by atoms with E-state index in [-0.39, 0.29) is 16.2 Å². The lowest BCUT2D eigenvalue weighted by molar-refractivity contribution is 0.181. The average Bonchev–Trinajstić information content (AvgIpc) is 3.25.